The Morgan fingerprint density at radius 1 is 1.06 bits per heavy atom. The number of benzene rings is 1. The average Bonchev–Trinajstić information content (AvgIpc) is 3.52. The summed E-state index contributed by atoms with van der Waals surface area (Å²) in [5.41, 5.74) is -0.722. The number of carbonyl (C=O) groups excluding carboxylic acids is 3. The minimum atomic E-state index is -2.93. The highest BCUT2D eigenvalue weighted by Gasteiger charge is 2.69. The van der Waals surface area contributed by atoms with E-state index in [0.29, 0.717) is 49.7 Å². The molecule has 1 N–H and O–H groups in total. The van der Waals surface area contributed by atoms with Crippen LogP contribution in [-0.2, 0) is 15.6 Å². The van der Waals surface area contributed by atoms with Crippen molar-refractivity contribution in [2.24, 2.45) is 11.8 Å². The van der Waals surface area contributed by atoms with Crippen LogP contribution < -0.4 is 14.2 Å². The number of unbranched alkanes of at least 4 members (excludes halogenated alkanes) is 2. The number of aldehydes is 1. The maximum Gasteiger partial charge on any atom is 0.265 e. The molecule has 0 aliphatic heterocycles. The van der Waals surface area contributed by atoms with Crippen LogP contribution in [0.3, 0.4) is 0 Å². The Morgan fingerprint density at radius 3 is 2.26 bits per heavy atom. The molecule has 288 valence electrons. The van der Waals surface area contributed by atoms with Gasteiger partial charge in [0.2, 0.25) is 11.6 Å². The van der Waals surface area contributed by atoms with Crippen LogP contribution >= 0.6 is 0 Å². The van der Waals surface area contributed by atoms with Crippen molar-refractivity contribution in [3.63, 3.8) is 0 Å². The van der Waals surface area contributed by atoms with Gasteiger partial charge in [-0.15, -0.1) is 13.2 Å². The van der Waals surface area contributed by atoms with Gasteiger partial charge in [0, 0.05) is 30.1 Å². The molecule has 0 radical (unpaired) electrons. The van der Waals surface area contributed by atoms with Crippen LogP contribution in [0.1, 0.15) is 110 Å². The van der Waals surface area contributed by atoms with Gasteiger partial charge in [-0.2, -0.15) is 0 Å². The van der Waals surface area contributed by atoms with E-state index in [2.05, 4.69) is 44.0 Å². The number of aliphatic hydroxyl groups is 1. The average molecular weight is 749 g/mol. The van der Waals surface area contributed by atoms with Crippen LogP contribution in [-0.4, -0.2) is 80.3 Å². The lowest BCUT2D eigenvalue weighted by atomic mass is 9.57. The summed E-state index contributed by atoms with van der Waals surface area (Å²) in [7, 11) is -1.46. The molecule has 3 aliphatic carbocycles. The fourth-order valence-corrected chi connectivity index (χ4v) is 9.28. The second-order valence-electron chi connectivity index (χ2n) is 15.8. The largest absolute Gasteiger partial charge is 0.507 e. The summed E-state index contributed by atoms with van der Waals surface area (Å²) < 4.78 is 31.4. The molecule has 0 saturated heterocycles. The first-order valence-electron chi connectivity index (χ1n) is 18.8. The van der Waals surface area contributed by atoms with E-state index in [1.165, 1.54) is 7.11 Å². The number of nitrogens with zero attached hydrogens (tertiary/aromatic N) is 2. The summed E-state index contributed by atoms with van der Waals surface area (Å²) in [6.45, 7) is 23.7. The van der Waals surface area contributed by atoms with Gasteiger partial charge in [-0.25, -0.2) is 0 Å². The van der Waals surface area contributed by atoms with Gasteiger partial charge >= 0.3 is 0 Å². The Morgan fingerprint density at radius 2 is 1.70 bits per heavy atom. The lowest BCUT2D eigenvalue weighted by molar-refractivity contribution is -0.141. The van der Waals surface area contributed by atoms with Crippen LogP contribution in [0, 0.1) is 11.8 Å². The van der Waals surface area contributed by atoms with Crippen LogP contribution in [0.4, 0.5) is 0 Å². The summed E-state index contributed by atoms with van der Waals surface area (Å²) in [6, 6.07) is 0.868. The summed E-state index contributed by atoms with van der Waals surface area (Å²) in [4.78, 5) is 45.6. The number of methoxy groups -OCH3 is 1. The van der Waals surface area contributed by atoms with E-state index in [4.69, 9.17) is 23.2 Å². The summed E-state index contributed by atoms with van der Waals surface area (Å²) in [5.74, 6) is -1.89. The van der Waals surface area contributed by atoms with Crippen molar-refractivity contribution in [2.75, 3.05) is 33.4 Å². The number of Topliss-reactive ketones (excluding diaryl/α,β-unsaturated/α-hetero) is 2. The maximum atomic E-state index is 15.8. The quantitative estimate of drug-likeness (QED) is 0.0550. The molecule has 53 heavy (non-hydrogen) atoms. The third kappa shape index (κ3) is 6.82. The molecular formula is C41H56N2O9Si. The van der Waals surface area contributed by atoms with Gasteiger partial charge in [-0.1, -0.05) is 59.6 Å². The molecule has 12 heteroatoms. The number of rotatable bonds is 17. The second kappa shape index (κ2) is 15.8. The fourth-order valence-electron chi connectivity index (χ4n) is 7.83. The predicted octanol–water partition coefficient (Wildman–Crippen LogP) is 8.26. The molecule has 0 spiro atoms. The Labute approximate surface area is 314 Å². The lowest BCUT2D eigenvalue weighted by Crippen LogP contribution is -2.68. The van der Waals surface area contributed by atoms with Crippen molar-refractivity contribution < 1.29 is 42.6 Å². The van der Waals surface area contributed by atoms with Gasteiger partial charge < -0.3 is 28.3 Å². The van der Waals surface area contributed by atoms with Crippen LogP contribution in [0.2, 0.25) is 18.1 Å². The molecule has 1 fully saturated rings. The summed E-state index contributed by atoms with van der Waals surface area (Å²) in [6.07, 6.45) is 7.93. The molecule has 0 bridgehead atoms. The van der Waals surface area contributed by atoms with Crippen LogP contribution in [0.15, 0.2) is 41.5 Å². The molecule has 0 unspecified atom stereocenters. The van der Waals surface area contributed by atoms with Gasteiger partial charge in [0.25, 0.3) is 5.88 Å². The van der Waals surface area contributed by atoms with E-state index in [1.54, 1.807) is 18.2 Å². The monoisotopic (exact) mass is 748 g/mol. The molecule has 2 aromatic rings. The predicted molar refractivity (Wildman–Crippen MR) is 206 cm³/mol. The fraction of sp³-hybridized carbons (Fsp3) is 0.561. The molecule has 1 heterocycles. The van der Waals surface area contributed by atoms with Crippen molar-refractivity contribution >= 4 is 31.9 Å². The Bertz CT molecular complexity index is 1780. The number of aliphatic hydroxyl groups excluding tert-OH is 1. The Kier molecular flexibility index (Phi) is 12.0. The Hall–Kier alpha value is -4.00. The van der Waals surface area contributed by atoms with E-state index < -0.39 is 48.4 Å². The van der Waals surface area contributed by atoms with E-state index in [1.807, 2.05) is 26.9 Å². The van der Waals surface area contributed by atoms with Gasteiger partial charge in [0.05, 0.1) is 37.5 Å². The van der Waals surface area contributed by atoms with E-state index in [-0.39, 0.29) is 52.5 Å². The first-order chi connectivity index (χ1) is 25.2. The Balaban J connectivity index is 1.84. The van der Waals surface area contributed by atoms with Crippen molar-refractivity contribution in [3.05, 3.63) is 65.0 Å². The van der Waals surface area contributed by atoms with E-state index in [0.717, 1.165) is 25.7 Å². The standard InChI is InChI=1S/C41H56N2O9Si/c1-11-15-19-49-29-23-26(24-44)35(48-8)27-21-25-22-28-33(43(17-13-3)18-14-4)36-32(39(42-51-36)50-20-16-12-2)38(47)41(28,52-53(9,10)40(5,6)7)37(46)30(25)34(45)31(27)29/h13-14,23-25,28,33,45H,3-4,11-12,15-22H2,1-2,5-10H3/t25-,28-,33-,41-/m0/s1. The molecule has 1 saturated carbocycles. The molecule has 0 amide bonds. The van der Waals surface area contributed by atoms with Crippen molar-refractivity contribution in [2.45, 2.75) is 103 Å². The highest BCUT2D eigenvalue weighted by atomic mass is 28.4. The summed E-state index contributed by atoms with van der Waals surface area (Å²) in [5, 5.41) is 16.3. The van der Waals surface area contributed by atoms with Crippen molar-refractivity contribution in [3.8, 4) is 17.4 Å². The maximum absolute atomic E-state index is 15.8. The normalized spacial score (nSPS) is 22.5. The number of hydrogen-bond acceptors (Lipinski definition) is 11. The molecule has 1 aromatic heterocycles. The second-order valence-corrected chi connectivity index (χ2v) is 20.6. The molecule has 3 aliphatic rings. The zero-order valence-corrected chi connectivity index (χ0v) is 33.6. The van der Waals surface area contributed by atoms with Crippen molar-refractivity contribution in [1.82, 2.24) is 10.1 Å². The first-order valence-corrected chi connectivity index (χ1v) is 21.7. The minimum absolute atomic E-state index is 0.0251. The molecule has 1 aromatic carbocycles. The first kappa shape index (κ1) is 40.2. The van der Waals surface area contributed by atoms with Crippen molar-refractivity contribution in [1.29, 1.82) is 0 Å². The topological polar surface area (TPSA) is 138 Å². The number of fused-ring (bicyclic) bond motifs is 4. The molecule has 5 rings (SSSR count). The number of ether oxygens (including phenoxy) is 3. The van der Waals surface area contributed by atoms with Gasteiger partial charge in [0.1, 0.15) is 22.8 Å². The molecule has 11 nitrogen and oxygen atoms in total. The zero-order chi connectivity index (χ0) is 38.9. The SMILES string of the molecule is C=CCN(CC=C)[C@@H]1c2onc(OCCCC)c2C(=O)[C@@]2(O[Si](C)(C)C(C)(C)C)C(=O)C3=C(O)c4c(OCCCC)cc(C=O)c(OC)c4C[C@H]3C[C@@H]12. The lowest BCUT2D eigenvalue weighted by Gasteiger charge is -2.55. The smallest absolute Gasteiger partial charge is 0.265 e. The van der Waals surface area contributed by atoms with E-state index >= 15 is 9.59 Å². The highest BCUT2D eigenvalue weighted by molar-refractivity contribution is 6.74. The summed E-state index contributed by atoms with van der Waals surface area (Å²) >= 11 is 0. The van der Waals surface area contributed by atoms with Gasteiger partial charge in [-0.05, 0) is 61.0 Å². The van der Waals surface area contributed by atoms with Crippen LogP contribution in [0.25, 0.3) is 5.76 Å². The number of hydrogen-bond donors (Lipinski definition) is 1. The van der Waals surface area contributed by atoms with Gasteiger partial charge in [0.15, 0.2) is 26.0 Å². The van der Waals surface area contributed by atoms with Gasteiger partial charge in [-0.3, -0.25) is 19.3 Å². The third-order valence-corrected chi connectivity index (χ3v) is 15.9. The number of aromatic nitrogens is 1. The minimum Gasteiger partial charge on any atom is -0.507 e. The number of carbonyl (C=O) groups is 3. The third-order valence-electron chi connectivity index (χ3n) is 11.4. The molecule has 4 atom stereocenters. The highest BCUT2D eigenvalue weighted by Crippen LogP contribution is 2.60. The zero-order valence-electron chi connectivity index (χ0n) is 32.6. The van der Waals surface area contributed by atoms with Crippen LogP contribution in [0.5, 0.6) is 17.4 Å². The molecular weight excluding hydrogens is 693 g/mol. The number of ketones is 2. The van der Waals surface area contributed by atoms with E-state index in [9.17, 15) is 9.90 Å².